The van der Waals surface area contributed by atoms with E-state index in [2.05, 4.69) is 41.5 Å². The van der Waals surface area contributed by atoms with Gasteiger partial charge in [0.15, 0.2) is 5.79 Å². The second kappa shape index (κ2) is 15.0. The molecule has 0 aromatic rings. The largest absolute Gasteiger partial charge is 0.350 e. The van der Waals surface area contributed by atoms with Crippen LogP contribution in [0, 0.1) is 5.41 Å². The van der Waals surface area contributed by atoms with E-state index in [0.717, 1.165) is 26.1 Å². The molecule has 0 unspecified atom stereocenters. The van der Waals surface area contributed by atoms with Crippen molar-refractivity contribution < 1.29 is 9.47 Å². The van der Waals surface area contributed by atoms with Crippen molar-refractivity contribution in [2.45, 2.75) is 131 Å². The minimum Gasteiger partial charge on any atom is -0.350 e. The summed E-state index contributed by atoms with van der Waals surface area (Å²) in [6, 6.07) is 0. The fourth-order valence-electron chi connectivity index (χ4n) is 4.70. The summed E-state index contributed by atoms with van der Waals surface area (Å²) in [6.45, 7) is 14.9. The zero-order chi connectivity index (χ0) is 19.0. The lowest BCUT2D eigenvalue weighted by Crippen LogP contribution is -2.53. The molecule has 0 aromatic carbocycles. The third kappa shape index (κ3) is 7.99. The van der Waals surface area contributed by atoms with Gasteiger partial charge in [-0.15, -0.1) is 0 Å². The quantitative estimate of drug-likeness (QED) is 0.183. The zero-order valence-electron chi connectivity index (χ0n) is 18.4. The molecule has 0 aromatic heterocycles. The molecule has 152 valence electrons. The van der Waals surface area contributed by atoms with Crippen LogP contribution in [0.1, 0.15) is 125 Å². The van der Waals surface area contributed by atoms with Gasteiger partial charge in [-0.05, 0) is 33.1 Å². The van der Waals surface area contributed by atoms with Gasteiger partial charge in [-0.3, -0.25) is 0 Å². The molecule has 0 saturated carbocycles. The minimum atomic E-state index is -0.388. The molecular formula is C23H48O2. The number of hydrogen-bond donors (Lipinski definition) is 0. The number of hydrogen-bond acceptors (Lipinski definition) is 2. The lowest BCUT2D eigenvalue weighted by molar-refractivity contribution is -0.307. The van der Waals surface area contributed by atoms with E-state index in [9.17, 15) is 0 Å². The van der Waals surface area contributed by atoms with Crippen LogP contribution in [0.4, 0.5) is 0 Å². The Morgan fingerprint density at radius 2 is 0.960 bits per heavy atom. The van der Waals surface area contributed by atoms with Crippen LogP contribution >= 0.6 is 0 Å². The minimum absolute atomic E-state index is 0.170. The van der Waals surface area contributed by atoms with Crippen LogP contribution in [0.2, 0.25) is 0 Å². The highest BCUT2D eigenvalue weighted by atomic mass is 16.7. The van der Waals surface area contributed by atoms with Crippen molar-refractivity contribution in [1.29, 1.82) is 0 Å². The van der Waals surface area contributed by atoms with Gasteiger partial charge in [0, 0.05) is 25.0 Å². The summed E-state index contributed by atoms with van der Waals surface area (Å²) in [4.78, 5) is 0. The van der Waals surface area contributed by atoms with Gasteiger partial charge in [0.1, 0.15) is 0 Å². The summed E-state index contributed by atoms with van der Waals surface area (Å²) in [5, 5.41) is 0. The van der Waals surface area contributed by atoms with E-state index in [1.807, 2.05) is 0 Å². The Kier molecular flexibility index (Phi) is 15.0. The van der Waals surface area contributed by atoms with Crippen molar-refractivity contribution in [2.24, 2.45) is 5.41 Å². The Balaban J connectivity index is 5.32. The van der Waals surface area contributed by atoms with Gasteiger partial charge in [-0.2, -0.15) is 0 Å². The van der Waals surface area contributed by atoms with E-state index in [0.29, 0.717) is 0 Å². The van der Waals surface area contributed by atoms with Crippen LogP contribution in [0.25, 0.3) is 0 Å². The van der Waals surface area contributed by atoms with E-state index in [1.165, 1.54) is 70.6 Å². The number of unbranched alkanes of at least 4 members (excludes halogenated alkanes) is 5. The van der Waals surface area contributed by atoms with Crippen molar-refractivity contribution >= 4 is 0 Å². The highest BCUT2D eigenvalue weighted by Crippen LogP contribution is 2.50. The van der Waals surface area contributed by atoms with Gasteiger partial charge in [-0.1, -0.05) is 85.5 Å². The van der Waals surface area contributed by atoms with Crippen LogP contribution < -0.4 is 0 Å². The molecule has 0 aliphatic rings. The predicted octanol–water partition coefficient (Wildman–Crippen LogP) is 7.89. The smallest absolute Gasteiger partial charge is 0.173 e. The lowest BCUT2D eigenvalue weighted by Gasteiger charge is -2.50. The topological polar surface area (TPSA) is 18.5 Å². The molecule has 0 aliphatic carbocycles. The molecular weight excluding hydrogens is 308 g/mol. The molecule has 0 atom stereocenters. The van der Waals surface area contributed by atoms with Gasteiger partial charge in [0.2, 0.25) is 0 Å². The van der Waals surface area contributed by atoms with E-state index in [4.69, 9.17) is 9.47 Å². The molecule has 0 aliphatic heterocycles. The van der Waals surface area contributed by atoms with Crippen LogP contribution in [-0.2, 0) is 9.47 Å². The molecule has 2 heteroatoms. The molecule has 0 N–H and O–H groups in total. The van der Waals surface area contributed by atoms with Crippen molar-refractivity contribution in [3.05, 3.63) is 0 Å². The fourth-order valence-corrected chi connectivity index (χ4v) is 4.70. The van der Waals surface area contributed by atoms with E-state index < -0.39 is 0 Å². The van der Waals surface area contributed by atoms with Crippen molar-refractivity contribution in [2.75, 3.05) is 13.2 Å². The monoisotopic (exact) mass is 356 g/mol. The predicted molar refractivity (Wildman–Crippen MR) is 111 cm³/mol. The summed E-state index contributed by atoms with van der Waals surface area (Å²) in [5.41, 5.74) is 0.170. The molecule has 0 rings (SSSR count). The molecule has 0 heterocycles. The summed E-state index contributed by atoms with van der Waals surface area (Å²) in [6.07, 6.45) is 16.4. The van der Waals surface area contributed by atoms with Crippen molar-refractivity contribution in [3.63, 3.8) is 0 Å². The second-order valence-electron chi connectivity index (χ2n) is 7.67. The molecule has 2 nitrogen and oxygen atoms in total. The Hall–Kier alpha value is -0.0800. The summed E-state index contributed by atoms with van der Waals surface area (Å²) < 4.78 is 12.9. The molecule has 25 heavy (non-hydrogen) atoms. The summed E-state index contributed by atoms with van der Waals surface area (Å²) >= 11 is 0. The summed E-state index contributed by atoms with van der Waals surface area (Å²) in [5.74, 6) is -0.388. The fraction of sp³-hybridized carbons (Fsp3) is 1.00. The molecule has 0 bridgehead atoms. The maximum Gasteiger partial charge on any atom is 0.173 e. The Morgan fingerprint density at radius 1 is 0.480 bits per heavy atom. The van der Waals surface area contributed by atoms with Crippen LogP contribution in [0.3, 0.4) is 0 Å². The summed E-state index contributed by atoms with van der Waals surface area (Å²) in [7, 11) is 0. The van der Waals surface area contributed by atoms with Gasteiger partial charge in [-0.25, -0.2) is 0 Å². The Labute approximate surface area is 159 Å². The maximum atomic E-state index is 6.45. The first kappa shape index (κ1) is 24.9. The third-order valence-electron chi connectivity index (χ3n) is 5.61. The number of rotatable bonds is 18. The molecule has 0 saturated heterocycles. The maximum absolute atomic E-state index is 6.45. The Morgan fingerprint density at radius 3 is 1.40 bits per heavy atom. The lowest BCUT2D eigenvalue weighted by atomic mass is 9.67. The van der Waals surface area contributed by atoms with Crippen LogP contribution in [0.15, 0.2) is 0 Å². The van der Waals surface area contributed by atoms with Gasteiger partial charge < -0.3 is 9.47 Å². The zero-order valence-corrected chi connectivity index (χ0v) is 18.4. The molecule has 0 radical (unpaired) electrons. The first-order chi connectivity index (χ1) is 12.1. The van der Waals surface area contributed by atoms with E-state index in [1.54, 1.807) is 0 Å². The molecule has 0 fully saturated rings. The average molecular weight is 357 g/mol. The van der Waals surface area contributed by atoms with E-state index in [-0.39, 0.29) is 11.2 Å². The van der Waals surface area contributed by atoms with Gasteiger partial charge in [0.25, 0.3) is 0 Å². The first-order valence-corrected chi connectivity index (χ1v) is 11.4. The molecule has 0 spiro atoms. The van der Waals surface area contributed by atoms with E-state index >= 15 is 0 Å². The third-order valence-corrected chi connectivity index (χ3v) is 5.61. The van der Waals surface area contributed by atoms with Crippen molar-refractivity contribution in [3.8, 4) is 0 Å². The highest BCUT2D eigenvalue weighted by molar-refractivity contribution is 4.94. The van der Waals surface area contributed by atoms with Crippen molar-refractivity contribution in [1.82, 2.24) is 0 Å². The normalized spacial score (nSPS) is 12.7. The first-order valence-electron chi connectivity index (χ1n) is 11.4. The highest BCUT2D eigenvalue weighted by Gasteiger charge is 2.50. The van der Waals surface area contributed by atoms with Gasteiger partial charge >= 0.3 is 0 Å². The van der Waals surface area contributed by atoms with Gasteiger partial charge in [0.05, 0.1) is 0 Å². The van der Waals surface area contributed by atoms with Crippen LogP contribution in [-0.4, -0.2) is 19.0 Å². The second-order valence-corrected chi connectivity index (χ2v) is 7.67. The number of ether oxygens (including phenoxy) is 2. The standard InChI is InChI=1S/C23H48O2/c1-7-13-14-15-16-17-21-22(18-8-2,19-9-3)23(20-10-4,24-11-5)25-12-6/h7-21H2,1-6H3. The SMILES string of the molecule is CCCCCCCCC(CCC)(CCC)C(CCC)(OCC)OCC. The molecule has 0 amide bonds. The Bertz CT molecular complexity index is 265. The van der Waals surface area contributed by atoms with Crippen LogP contribution in [0.5, 0.6) is 0 Å². The average Bonchev–Trinajstić information content (AvgIpc) is 2.58.